The van der Waals surface area contributed by atoms with E-state index < -0.39 is 0 Å². The van der Waals surface area contributed by atoms with E-state index in [1.165, 1.54) is 17.7 Å². The van der Waals surface area contributed by atoms with Gasteiger partial charge >= 0.3 is 6.09 Å². The number of cyclic esters (lactones) is 1. The van der Waals surface area contributed by atoms with E-state index in [0.29, 0.717) is 13.1 Å². The van der Waals surface area contributed by atoms with E-state index in [0.717, 1.165) is 37.2 Å². The van der Waals surface area contributed by atoms with Gasteiger partial charge in [-0.3, -0.25) is 9.80 Å². The predicted molar refractivity (Wildman–Crippen MR) is 106 cm³/mol. The van der Waals surface area contributed by atoms with Crippen LogP contribution in [-0.2, 0) is 4.74 Å². The number of halogens is 1. The fraction of sp³-hybridized carbons (Fsp3) is 0.318. The van der Waals surface area contributed by atoms with Crippen molar-refractivity contribution < 1.29 is 19.0 Å². The van der Waals surface area contributed by atoms with Crippen LogP contribution in [0.2, 0.25) is 0 Å². The third kappa shape index (κ3) is 4.34. The van der Waals surface area contributed by atoms with Crippen molar-refractivity contribution in [2.75, 3.05) is 31.1 Å². The highest BCUT2D eigenvalue weighted by Gasteiger charge is 2.33. The molecule has 0 aliphatic carbocycles. The number of amides is 1. The molecule has 2 heterocycles. The van der Waals surface area contributed by atoms with E-state index in [1.54, 1.807) is 41.3 Å². The molecule has 1 amide bonds. The van der Waals surface area contributed by atoms with Crippen LogP contribution in [0, 0.1) is 5.82 Å². The van der Waals surface area contributed by atoms with Gasteiger partial charge in [-0.05, 0) is 54.8 Å². The van der Waals surface area contributed by atoms with Crippen molar-refractivity contribution in [3.8, 4) is 5.75 Å². The number of nitrogens with zero attached hydrogens (tertiary/aromatic N) is 2. The molecule has 2 aliphatic rings. The zero-order valence-electron chi connectivity index (χ0n) is 15.6. The van der Waals surface area contributed by atoms with E-state index in [4.69, 9.17) is 4.74 Å². The van der Waals surface area contributed by atoms with Gasteiger partial charge in [-0.25, -0.2) is 9.18 Å². The molecule has 2 aliphatic heterocycles. The zero-order valence-corrected chi connectivity index (χ0v) is 15.6. The Labute approximate surface area is 163 Å². The molecule has 1 atom stereocenters. The maximum absolute atomic E-state index is 13.0. The highest BCUT2D eigenvalue weighted by molar-refractivity contribution is 5.89. The van der Waals surface area contributed by atoms with Crippen LogP contribution in [0.25, 0.3) is 6.08 Å². The molecule has 2 saturated heterocycles. The van der Waals surface area contributed by atoms with Crippen LogP contribution in [0.5, 0.6) is 5.75 Å². The number of likely N-dealkylation sites (tertiary alicyclic amines) is 1. The Morgan fingerprint density at radius 1 is 1.07 bits per heavy atom. The molecule has 2 fully saturated rings. The molecule has 1 N–H and O–H groups in total. The minimum Gasteiger partial charge on any atom is -0.508 e. The van der Waals surface area contributed by atoms with Gasteiger partial charge in [0.1, 0.15) is 17.7 Å². The zero-order chi connectivity index (χ0) is 19.5. The molecule has 2 aromatic rings. The number of carbonyl (C=O) groups is 1. The molecule has 2 aromatic carbocycles. The van der Waals surface area contributed by atoms with Gasteiger partial charge in [-0.1, -0.05) is 23.8 Å². The van der Waals surface area contributed by atoms with E-state index in [9.17, 15) is 14.3 Å². The standard InChI is InChI=1S/C22H23FN2O3/c23-18-3-1-16(2-4-18)13-17-9-11-24(12-10-17)14-21-15-25(22(27)28-21)19-5-7-20(26)8-6-19/h1-8,13,21,26H,9-12,14-15H2. The van der Waals surface area contributed by atoms with Crippen LogP contribution in [0.4, 0.5) is 14.9 Å². The summed E-state index contributed by atoms with van der Waals surface area (Å²) in [7, 11) is 0. The van der Waals surface area contributed by atoms with E-state index in [1.807, 2.05) is 0 Å². The smallest absolute Gasteiger partial charge is 0.414 e. The van der Waals surface area contributed by atoms with Gasteiger partial charge in [-0.15, -0.1) is 0 Å². The lowest BCUT2D eigenvalue weighted by Crippen LogP contribution is -2.38. The van der Waals surface area contributed by atoms with Crippen LogP contribution in [-0.4, -0.2) is 48.4 Å². The number of benzene rings is 2. The average molecular weight is 382 g/mol. The summed E-state index contributed by atoms with van der Waals surface area (Å²) < 4.78 is 18.5. The molecule has 5 nitrogen and oxygen atoms in total. The van der Waals surface area contributed by atoms with Crippen LogP contribution in [0.3, 0.4) is 0 Å². The van der Waals surface area contributed by atoms with Crippen molar-refractivity contribution >= 4 is 17.9 Å². The third-order valence-electron chi connectivity index (χ3n) is 5.24. The molecule has 0 saturated carbocycles. The molecule has 0 bridgehead atoms. The van der Waals surface area contributed by atoms with E-state index in [-0.39, 0.29) is 23.8 Å². The Bertz CT molecular complexity index is 854. The fourth-order valence-corrected chi connectivity index (χ4v) is 3.71. The largest absolute Gasteiger partial charge is 0.508 e. The Morgan fingerprint density at radius 3 is 2.43 bits per heavy atom. The number of ether oxygens (including phenoxy) is 1. The first-order chi connectivity index (χ1) is 13.6. The Balaban J connectivity index is 1.30. The molecule has 0 aromatic heterocycles. The molecule has 28 heavy (non-hydrogen) atoms. The van der Waals surface area contributed by atoms with Gasteiger partial charge in [0, 0.05) is 25.3 Å². The molecular formula is C22H23FN2O3. The van der Waals surface area contributed by atoms with Crippen molar-refractivity contribution in [1.29, 1.82) is 0 Å². The number of rotatable bonds is 4. The second-order valence-electron chi connectivity index (χ2n) is 7.29. The third-order valence-corrected chi connectivity index (χ3v) is 5.24. The van der Waals surface area contributed by atoms with Gasteiger partial charge in [0.25, 0.3) is 0 Å². The molecule has 6 heteroatoms. The second kappa shape index (κ2) is 8.02. The second-order valence-corrected chi connectivity index (χ2v) is 7.29. The van der Waals surface area contributed by atoms with Crippen molar-refractivity contribution in [1.82, 2.24) is 4.90 Å². The highest BCUT2D eigenvalue weighted by atomic mass is 19.1. The maximum Gasteiger partial charge on any atom is 0.414 e. The van der Waals surface area contributed by atoms with E-state index in [2.05, 4.69) is 11.0 Å². The van der Waals surface area contributed by atoms with Gasteiger partial charge < -0.3 is 9.84 Å². The Morgan fingerprint density at radius 2 is 1.75 bits per heavy atom. The van der Waals surface area contributed by atoms with Gasteiger partial charge in [0.05, 0.1) is 6.54 Å². The summed E-state index contributed by atoms with van der Waals surface area (Å²) in [5.41, 5.74) is 3.12. The lowest BCUT2D eigenvalue weighted by Gasteiger charge is -2.29. The molecule has 1 unspecified atom stereocenters. The van der Waals surface area contributed by atoms with Crippen molar-refractivity contribution in [2.24, 2.45) is 0 Å². The fourth-order valence-electron chi connectivity index (χ4n) is 3.71. The first-order valence-corrected chi connectivity index (χ1v) is 9.51. The summed E-state index contributed by atoms with van der Waals surface area (Å²) in [6.45, 7) is 3.06. The molecule has 4 rings (SSSR count). The number of aromatic hydroxyl groups is 1. The minimum absolute atomic E-state index is 0.163. The first-order valence-electron chi connectivity index (χ1n) is 9.51. The Hall–Kier alpha value is -2.86. The molecule has 0 spiro atoms. The number of anilines is 1. The molecule has 146 valence electrons. The molecule has 0 radical (unpaired) electrons. The van der Waals surface area contributed by atoms with Crippen LogP contribution in [0.15, 0.2) is 54.1 Å². The number of piperidine rings is 1. The number of carbonyl (C=O) groups excluding carboxylic acids is 1. The topological polar surface area (TPSA) is 53.0 Å². The minimum atomic E-state index is -0.343. The summed E-state index contributed by atoms with van der Waals surface area (Å²) in [6.07, 6.45) is 3.55. The van der Waals surface area contributed by atoms with Crippen molar-refractivity contribution in [3.63, 3.8) is 0 Å². The summed E-state index contributed by atoms with van der Waals surface area (Å²) in [4.78, 5) is 16.1. The van der Waals surface area contributed by atoms with Crippen LogP contribution >= 0.6 is 0 Å². The van der Waals surface area contributed by atoms with Gasteiger partial charge in [0.15, 0.2) is 0 Å². The number of hydrogen-bond donors (Lipinski definition) is 1. The summed E-state index contributed by atoms with van der Waals surface area (Å²) in [5.74, 6) is -0.0462. The van der Waals surface area contributed by atoms with Crippen molar-refractivity contribution in [2.45, 2.75) is 18.9 Å². The predicted octanol–water partition coefficient (Wildman–Crippen LogP) is 4.04. The quantitative estimate of drug-likeness (QED) is 0.867. The van der Waals surface area contributed by atoms with E-state index >= 15 is 0 Å². The normalized spacial score (nSPS) is 20.3. The Kier molecular flexibility index (Phi) is 5.30. The van der Waals surface area contributed by atoms with Crippen LogP contribution < -0.4 is 4.90 Å². The lowest BCUT2D eigenvalue weighted by atomic mass is 10.0. The number of hydrogen-bond acceptors (Lipinski definition) is 4. The summed E-state index contributed by atoms with van der Waals surface area (Å²) >= 11 is 0. The summed E-state index contributed by atoms with van der Waals surface area (Å²) in [6, 6.07) is 13.1. The lowest BCUT2D eigenvalue weighted by molar-refractivity contribution is 0.105. The highest BCUT2D eigenvalue weighted by Crippen LogP contribution is 2.25. The monoisotopic (exact) mass is 382 g/mol. The van der Waals surface area contributed by atoms with Crippen LogP contribution in [0.1, 0.15) is 18.4 Å². The van der Waals surface area contributed by atoms with Gasteiger partial charge in [-0.2, -0.15) is 0 Å². The first kappa shape index (κ1) is 18.5. The maximum atomic E-state index is 13.0. The summed E-state index contributed by atoms with van der Waals surface area (Å²) in [5, 5.41) is 9.40. The average Bonchev–Trinajstić information content (AvgIpc) is 3.06. The van der Waals surface area contributed by atoms with Crippen molar-refractivity contribution in [3.05, 3.63) is 65.5 Å². The SMILES string of the molecule is O=C1OC(CN2CCC(=Cc3ccc(F)cc3)CC2)CN1c1ccc(O)cc1. The van der Waals surface area contributed by atoms with Gasteiger partial charge in [0.2, 0.25) is 0 Å². The number of phenolic OH excluding ortho intramolecular Hbond substituents is 1. The molecular weight excluding hydrogens is 359 g/mol. The number of phenols is 1.